The molecule has 0 aliphatic heterocycles. The van der Waals surface area contributed by atoms with Crippen molar-refractivity contribution in [3.05, 3.63) is 0 Å². The molecular formula is O12Re3Sc. The van der Waals surface area contributed by atoms with E-state index in [1.807, 2.05) is 0 Å². The van der Waals surface area contributed by atoms with E-state index in [1.165, 1.54) is 0 Å². The molecule has 16 heteroatoms. The molecule has 96 valence electrons. The molecule has 0 heterocycles. The minimum absolute atomic E-state index is 0. The third-order valence-electron chi connectivity index (χ3n) is 0. The van der Waals surface area contributed by atoms with E-state index in [4.69, 9.17) is 42.7 Å². The number of hydrogen-bond acceptors (Lipinski definition) is 12. The zero-order valence-electron chi connectivity index (χ0n) is 6.61. The minimum Gasteiger partial charge on any atom is 3.00 e. The summed E-state index contributed by atoms with van der Waals surface area (Å²) >= 11 is -18.3. The average Bonchev–Trinajstić information content (AvgIpc) is 1.41. The Bertz CT molecular complexity index is 480. The van der Waals surface area contributed by atoms with Crippen molar-refractivity contribution in [1.29, 1.82) is 0 Å². The van der Waals surface area contributed by atoms with E-state index in [-0.39, 0.29) is 25.8 Å². The summed E-state index contributed by atoms with van der Waals surface area (Å²) in [5, 5.41) is 0. The van der Waals surface area contributed by atoms with Crippen LogP contribution in [0, 0.1) is 0 Å². The van der Waals surface area contributed by atoms with Gasteiger partial charge >= 0.3 is 116 Å². The minimum atomic E-state index is -6.11. The predicted molar refractivity (Wildman–Crippen MR) is 6.18 cm³/mol. The fourth-order valence-electron chi connectivity index (χ4n) is 0. The predicted octanol–water partition coefficient (Wildman–Crippen LogP) is -4.65. The van der Waals surface area contributed by atoms with Crippen LogP contribution in [0.4, 0.5) is 0 Å². The SMILES string of the molecule is [O]=[Re](=[O])(=[O])[O-].[O]=[Re](=[O])(=[O])[O-].[O]=[Re](=[O])(=[O])[O-].[Sc+3]. The van der Waals surface area contributed by atoms with Crippen LogP contribution in [-0.2, 0) is 104 Å². The molecule has 0 aliphatic carbocycles. The summed E-state index contributed by atoms with van der Waals surface area (Å²) < 4.78 is 104. The van der Waals surface area contributed by atoms with Crippen LogP contribution < -0.4 is 11.5 Å². The molecule has 0 bridgehead atoms. The molecule has 0 atom stereocenters. The quantitative estimate of drug-likeness (QED) is 0.226. The summed E-state index contributed by atoms with van der Waals surface area (Å²) in [6.07, 6.45) is 0. The first kappa shape index (κ1) is 25.7. The first-order chi connectivity index (χ1) is 6.00. The maximum absolute atomic E-state index is 8.64. The second kappa shape index (κ2) is 9.92. The van der Waals surface area contributed by atoms with E-state index < -0.39 is 47.4 Å². The van der Waals surface area contributed by atoms with Crippen molar-refractivity contribution in [2.45, 2.75) is 0 Å². The van der Waals surface area contributed by atoms with Crippen molar-refractivity contribution in [3.8, 4) is 0 Å². The summed E-state index contributed by atoms with van der Waals surface area (Å²) in [4.78, 5) is 0. The first-order valence-electron chi connectivity index (χ1n) is 1.85. The van der Waals surface area contributed by atoms with E-state index in [9.17, 15) is 0 Å². The van der Waals surface area contributed by atoms with Crippen LogP contribution in [0.2, 0.25) is 0 Å². The van der Waals surface area contributed by atoms with Crippen LogP contribution in [-0.4, -0.2) is 0 Å². The van der Waals surface area contributed by atoms with Crippen LogP contribution in [0.25, 0.3) is 0 Å². The number of rotatable bonds is 0. The molecule has 0 N–H and O–H groups in total. The molecule has 0 aliphatic rings. The Hall–Kier alpha value is 0.937. The van der Waals surface area contributed by atoms with Crippen molar-refractivity contribution in [2.24, 2.45) is 0 Å². The molecule has 0 aromatic rings. The smallest absolute Gasteiger partial charge is 3.00 e. The number of hydrogen-bond donors (Lipinski definition) is 0. The summed E-state index contributed by atoms with van der Waals surface area (Å²) in [5.41, 5.74) is 0. The fourth-order valence-corrected chi connectivity index (χ4v) is 0. The van der Waals surface area contributed by atoms with Gasteiger partial charge in [-0.15, -0.1) is 0 Å². The van der Waals surface area contributed by atoms with Crippen LogP contribution in [0.1, 0.15) is 0 Å². The van der Waals surface area contributed by atoms with Crippen molar-refractivity contribution >= 4 is 0 Å². The van der Waals surface area contributed by atoms with Gasteiger partial charge in [0, 0.05) is 0 Å². The summed E-state index contributed by atoms with van der Waals surface area (Å²) in [6.45, 7) is 0. The van der Waals surface area contributed by atoms with Gasteiger partial charge in [-0.3, -0.25) is 0 Å². The van der Waals surface area contributed by atoms with Crippen LogP contribution >= 0.6 is 0 Å². The van der Waals surface area contributed by atoms with E-state index in [2.05, 4.69) is 0 Å². The Morgan fingerprint density at radius 2 is 0.438 bits per heavy atom. The van der Waals surface area contributed by atoms with Crippen LogP contribution in [0.5, 0.6) is 0 Å². The molecule has 0 radical (unpaired) electrons. The molecule has 0 saturated heterocycles. The van der Waals surface area contributed by atoms with Gasteiger partial charge in [-0.2, -0.15) is 0 Å². The van der Waals surface area contributed by atoms with Gasteiger partial charge in [0.1, 0.15) is 0 Å². The van der Waals surface area contributed by atoms with Crippen LogP contribution in [0.15, 0.2) is 0 Å². The van der Waals surface area contributed by atoms with E-state index in [0.29, 0.717) is 0 Å². The van der Waals surface area contributed by atoms with Gasteiger partial charge in [-0.05, 0) is 0 Å². The van der Waals surface area contributed by atoms with Crippen LogP contribution in [0.3, 0.4) is 0 Å². The maximum atomic E-state index is 8.64. The second-order valence-corrected chi connectivity index (χ2v) is 9.28. The van der Waals surface area contributed by atoms with Gasteiger partial charge in [0.15, 0.2) is 0 Å². The van der Waals surface area contributed by atoms with Gasteiger partial charge < -0.3 is 0 Å². The zero-order chi connectivity index (χ0) is 13.5. The summed E-state index contributed by atoms with van der Waals surface area (Å²) in [7, 11) is 0. The van der Waals surface area contributed by atoms with Gasteiger partial charge in [-0.25, -0.2) is 0 Å². The third kappa shape index (κ3) is 3300. The van der Waals surface area contributed by atoms with E-state index in [1.54, 1.807) is 0 Å². The molecule has 12 nitrogen and oxygen atoms in total. The Labute approximate surface area is 114 Å². The fraction of sp³-hybridized carbons (Fsp3) is 0. The van der Waals surface area contributed by atoms with Gasteiger partial charge in [0.25, 0.3) is 0 Å². The van der Waals surface area contributed by atoms with Crippen molar-refractivity contribution < 1.29 is 116 Å². The molecule has 0 fully saturated rings. The normalized spacial score (nSPS) is 10.7. The first-order valence-corrected chi connectivity index (χ1v) is 15.2. The third-order valence-corrected chi connectivity index (χ3v) is 0. The van der Waals surface area contributed by atoms with Gasteiger partial charge in [0.05, 0.1) is 0 Å². The van der Waals surface area contributed by atoms with Crippen molar-refractivity contribution in [3.63, 3.8) is 0 Å². The molecule has 0 saturated carbocycles. The largest absolute Gasteiger partial charge is 3.00 e. The molecular weight excluding hydrogens is 796 g/mol. The average molecular weight is 796 g/mol. The summed E-state index contributed by atoms with van der Waals surface area (Å²) in [5.74, 6) is 0. The summed E-state index contributed by atoms with van der Waals surface area (Å²) in [6, 6.07) is 0. The van der Waals surface area contributed by atoms with Gasteiger partial charge in [-0.1, -0.05) is 0 Å². The molecule has 0 aromatic carbocycles. The molecule has 0 amide bonds. The Balaban J connectivity index is -0.0000000655. The Morgan fingerprint density at radius 1 is 0.438 bits per heavy atom. The van der Waals surface area contributed by atoms with E-state index in [0.717, 1.165) is 0 Å². The van der Waals surface area contributed by atoms with Gasteiger partial charge in [0.2, 0.25) is 0 Å². The van der Waals surface area contributed by atoms with Crippen molar-refractivity contribution in [2.75, 3.05) is 0 Å². The molecule has 0 spiro atoms. The molecule has 0 unspecified atom stereocenters. The monoisotopic (exact) mass is 798 g/mol. The molecule has 16 heavy (non-hydrogen) atoms. The maximum Gasteiger partial charge on any atom is 3.00 e. The molecule has 0 rings (SSSR count). The topological polar surface area (TPSA) is 223 Å². The Kier molecular flexibility index (Phi) is 15.9. The van der Waals surface area contributed by atoms with Crippen molar-refractivity contribution in [1.82, 2.24) is 0 Å². The second-order valence-electron chi connectivity index (χ2n) is 1.13. The standard InChI is InChI=1S/12O.3Re.Sc/q;;;;;;;;;3*-1;;;;+3. The Morgan fingerprint density at radius 3 is 0.438 bits per heavy atom. The van der Waals surface area contributed by atoms with E-state index >= 15 is 0 Å². The molecule has 0 aromatic heterocycles. The zero-order valence-corrected chi connectivity index (χ0v) is 16.6.